The lowest BCUT2D eigenvalue weighted by molar-refractivity contribution is -0.143. The summed E-state index contributed by atoms with van der Waals surface area (Å²) in [5.74, 6) is -1.27. The second-order valence-corrected chi connectivity index (χ2v) is 5.31. The average molecular weight is 298 g/mol. The number of carbonyl (C=O) groups excluding carboxylic acids is 1. The standard InChI is InChI=1S/C12H21F3N2O3/c1-7(2)5-9(10(18)19)16-11(20)17(8(3)4)6-12(13,14)15/h7-9H,5-6H2,1-4H3,(H,16,20)(H,18,19)/t9-/m0/s1. The van der Waals surface area contributed by atoms with Crippen molar-refractivity contribution in [3.63, 3.8) is 0 Å². The SMILES string of the molecule is CC(C)C[C@H](NC(=O)N(CC(F)(F)F)C(C)C)C(=O)O. The van der Waals surface area contributed by atoms with E-state index in [0.717, 1.165) is 0 Å². The molecule has 0 rings (SSSR count). The molecule has 0 aliphatic rings. The van der Waals surface area contributed by atoms with Gasteiger partial charge in [-0.1, -0.05) is 13.8 Å². The molecule has 0 aromatic rings. The highest BCUT2D eigenvalue weighted by Gasteiger charge is 2.35. The Morgan fingerprint density at radius 1 is 1.20 bits per heavy atom. The third-order valence-corrected chi connectivity index (χ3v) is 2.54. The molecule has 8 heteroatoms. The summed E-state index contributed by atoms with van der Waals surface area (Å²) in [5.41, 5.74) is 0. The molecule has 0 saturated carbocycles. The summed E-state index contributed by atoms with van der Waals surface area (Å²) < 4.78 is 37.2. The van der Waals surface area contributed by atoms with Crippen molar-refractivity contribution in [1.29, 1.82) is 0 Å². The van der Waals surface area contributed by atoms with Crippen LogP contribution in [0.1, 0.15) is 34.1 Å². The molecule has 2 amide bonds. The summed E-state index contributed by atoms with van der Waals surface area (Å²) in [7, 11) is 0. The topological polar surface area (TPSA) is 69.6 Å². The van der Waals surface area contributed by atoms with Gasteiger partial charge in [0, 0.05) is 6.04 Å². The number of carboxylic acid groups (broad SMARTS) is 1. The molecule has 5 nitrogen and oxygen atoms in total. The van der Waals surface area contributed by atoms with Crippen LogP contribution in [0.3, 0.4) is 0 Å². The van der Waals surface area contributed by atoms with E-state index in [9.17, 15) is 22.8 Å². The summed E-state index contributed by atoms with van der Waals surface area (Å²) in [5, 5.41) is 11.1. The van der Waals surface area contributed by atoms with Crippen LogP contribution in [-0.4, -0.2) is 46.8 Å². The number of rotatable bonds is 6. The van der Waals surface area contributed by atoms with E-state index in [4.69, 9.17) is 5.11 Å². The van der Waals surface area contributed by atoms with Gasteiger partial charge in [0.05, 0.1) is 0 Å². The number of alkyl halides is 3. The molecular formula is C12H21F3N2O3. The molecule has 0 unspecified atom stereocenters. The highest BCUT2D eigenvalue weighted by molar-refractivity contribution is 5.82. The van der Waals surface area contributed by atoms with Crippen molar-refractivity contribution in [3.8, 4) is 0 Å². The number of carboxylic acids is 1. The van der Waals surface area contributed by atoms with Crippen LogP contribution in [0.15, 0.2) is 0 Å². The van der Waals surface area contributed by atoms with Gasteiger partial charge in [-0.3, -0.25) is 0 Å². The van der Waals surface area contributed by atoms with Crippen LogP contribution in [0.25, 0.3) is 0 Å². The van der Waals surface area contributed by atoms with E-state index in [2.05, 4.69) is 5.32 Å². The highest BCUT2D eigenvalue weighted by Crippen LogP contribution is 2.18. The van der Waals surface area contributed by atoms with E-state index in [1.54, 1.807) is 13.8 Å². The summed E-state index contributed by atoms with van der Waals surface area (Å²) >= 11 is 0. The van der Waals surface area contributed by atoms with E-state index in [-0.39, 0.29) is 12.3 Å². The van der Waals surface area contributed by atoms with Crippen molar-refractivity contribution in [2.75, 3.05) is 6.54 Å². The van der Waals surface area contributed by atoms with Crippen LogP contribution in [0.5, 0.6) is 0 Å². The minimum Gasteiger partial charge on any atom is -0.480 e. The van der Waals surface area contributed by atoms with E-state index >= 15 is 0 Å². The fourth-order valence-electron chi connectivity index (χ4n) is 1.61. The lowest BCUT2D eigenvalue weighted by atomic mass is 10.0. The summed E-state index contributed by atoms with van der Waals surface area (Å²) in [4.78, 5) is 23.4. The zero-order valence-corrected chi connectivity index (χ0v) is 12.0. The lowest BCUT2D eigenvalue weighted by Gasteiger charge is -2.29. The van der Waals surface area contributed by atoms with Gasteiger partial charge in [0.1, 0.15) is 12.6 Å². The maximum atomic E-state index is 12.4. The van der Waals surface area contributed by atoms with Crippen molar-refractivity contribution in [2.45, 2.75) is 52.4 Å². The van der Waals surface area contributed by atoms with Crippen LogP contribution in [0.2, 0.25) is 0 Å². The normalized spacial score (nSPS) is 13.4. The number of urea groups is 1. The Bertz CT molecular complexity index is 343. The van der Waals surface area contributed by atoms with Crippen LogP contribution in [-0.2, 0) is 4.79 Å². The van der Waals surface area contributed by atoms with Crippen molar-refractivity contribution in [2.24, 2.45) is 5.92 Å². The Balaban J connectivity index is 4.85. The number of nitrogens with zero attached hydrogens (tertiary/aromatic N) is 1. The molecule has 2 N–H and O–H groups in total. The van der Waals surface area contributed by atoms with Gasteiger partial charge in [0.25, 0.3) is 0 Å². The van der Waals surface area contributed by atoms with Crippen LogP contribution < -0.4 is 5.32 Å². The van der Waals surface area contributed by atoms with E-state index in [0.29, 0.717) is 4.90 Å². The first-order chi connectivity index (χ1) is 8.94. The third-order valence-electron chi connectivity index (χ3n) is 2.54. The summed E-state index contributed by atoms with van der Waals surface area (Å²) in [6.45, 7) is 4.98. The van der Waals surface area contributed by atoms with Crippen LogP contribution in [0, 0.1) is 5.92 Å². The number of amides is 2. The molecule has 0 aromatic heterocycles. The van der Waals surface area contributed by atoms with E-state index in [1.807, 2.05) is 0 Å². The molecule has 0 heterocycles. The Morgan fingerprint density at radius 2 is 1.70 bits per heavy atom. The quantitative estimate of drug-likeness (QED) is 0.791. The lowest BCUT2D eigenvalue weighted by Crippen LogP contribution is -2.52. The third kappa shape index (κ3) is 7.20. The Kier molecular flexibility index (Phi) is 6.81. The Hall–Kier alpha value is -1.47. The zero-order chi connectivity index (χ0) is 16.1. The fraction of sp³-hybridized carbons (Fsp3) is 0.833. The average Bonchev–Trinajstić information content (AvgIpc) is 2.22. The monoisotopic (exact) mass is 298 g/mol. The van der Waals surface area contributed by atoms with E-state index in [1.165, 1.54) is 13.8 Å². The molecule has 20 heavy (non-hydrogen) atoms. The first kappa shape index (κ1) is 18.5. The minimum absolute atomic E-state index is 0.00786. The fourth-order valence-corrected chi connectivity index (χ4v) is 1.61. The van der Waals surface area contributed by atoms with Crippen LogP contribution in [0.4, 0.5) is 18.0 Å². The maximum absolute atomic E-state index is 12.4. The van der Waals surface area contributed by atoms with Gasteiger partial charge in [-0.2, -0.15) is 13.2 Å². The van der Waals surface area contributed by atoms with Crippen molar-refractivity contribution >= 4 is 12.0 Å². The summed E-state index contributed by atoms with van der Waals surface area (Å²) in [6.07, 6.45) is -4.38. The van der Waals surface area contributed by atoms with Gasteiger partial charge in [-0.15, -0.1) is 0 Å². The largest absolute Gasteiger partial charge is 0.480 e. The smallest absolute Gasteiger partial charge is 0.406 e. The molecule has 0 fully saturated rings. The second kappa shape index (κ2) is 7.35. The Morgan fingerprint density at radius 3 is 2.00 bits per heavy atom. The number of carbonyl (C=O) groups is 2. The molecular weight excluding hydrogens is 277 g/mol. The van der Waals surface area contributed by atoms with Gasteiger partial charge in [-0.05, 0) is 26.2 Å². The molecule has 0 aromatic carbocycles. The molecule has 0 aliphatic carbocycles. The second-order valence-electron chi connectivity index (χ2n) is 5.31. The minimum atomic E-state index is -4.53. The van der Waals surface area contributed by atoms with Crippen LogP contribution >= 0.6 is 0 Å². The first-order valence-corrected chi connectivity index (χ1v) is 6.30. The molecule has 0 radical (unpaired) electrons. The molecule has 0 aliphatic heterocycles. The van der Waals surface area contributed by atoms with E-state index < -0.39 is 36.8 Å². The number of hydrogen-bond acceptors (Lipinski definition) is 2. The van der Waals surface area contributed by atoms with Crippen molar-refractivity contribution in [1.82, 2.24) is 10.2 Å². The predicted octanol–water partition coefficient (Wildman–Crippen LogP) is 2.47. The zero-order valence-electron chi connectivity index (χ0n) is 12.0. The highest BCUT2D eigenvalue weighted by atomic mass is 19.4. The van der Waals surface area contributed by atoms with Gasteiger partial charge < -0.3 is 15.3 Å². The number of aliphatic carboxylic acids is 1. The molecule has 0 saturated heterocycles. The van der Waals surface area contributed by atoms with Crippen molar-refractivity contribution < 1.29 is 27.9 Å². The first-order valence-electron chi connectivity index (χ1n) is 6.30. The molecule has 0 bridgehead atoms. The Labute approximate surface area is 116 Å². The van der Waals surface area contributed by atoms with Gasteiger partial charge >= 0.3 is 18.2 Å². The van der Waals surface area contributed by atoms with Gasteiger partial charge in [-0.25, -0.2) is 9.59 Å². The van der Waals surface area contributed by atoms with Gasteiger partial charge in [0.15, 0.2) is 0 Å². The molecule has 118 valence electrons. The number of halogens is 3. The predicted molar refractivity (Wildman–Crippen MR) is 67.3 cm³/mol. The molecule has 0 spiro atoms. The maximum Gasteiger partial charge on any atom is 0.406 e. The number of nitrogens with one attached hydrogen (secondary N) is 1. The number of hydrogen-bond donors (Lipinski definition) is 2. The van der Waals surface area contributed by atoms with Crippen molar-refractivity contribution in [3.05, 3.63) is 0 Å². The van der Waals surface area contributed by atoms with Gasteiger partial charge in [0.2, 0.25) is 0 Å². The summed E-state index contributed by atoms with van der Waals surface area (Å²) in [6, 6.07) is -2.91. The molecule has 1 atom stereocenters.